The molecule has 1 aromatic carbocycles. The highest BCUT2D eigenvalue weighted by atomic mass is 35.5. The number of rotatable bonds is 6. The summed E-state index contributed by atoms with van der Waals surface area (Å²) in [4.78, 5) is 24.3. The van der Waals surface area contributed by atoms with Crippen molar-refractivity contribution in [1.82, 2.24) is 15.5 Å². The average molecular weight is 381 g/mol. The summed E-state index contributed by atoms with van der Waals surface area (Å²) in [7, 11) is 0. The Morgan fingerprint density at radius 1 is 1.32 bits per heavy atom. The highest BCUT2D eigenvalue weighted by Crippen LogP contribution is 2.26. The smallest absolute Gasteiger partial charge is 0.248 e. The molecule has 25 heavy (non-hydrogen) atoms. The van der Waals surface area contributed by atoms with Crippen molar-refractivity contribution < 1.29 is 9.59 Å². The molecule has 0 saturated heterocycles. The van der Waals surface area contributed by atoms with Crippen LogP contribution in [0.1, 0.15) is 26.3 Å². The van der Waals surface area contributed by atoms with Crippen LogP contribution in [0.5, 0.6) is 0 Å². The Kier molecular flexibility index (Phi) is 6.13. The van der Waals surface area contributed by atoms with Gasteiger partial charge in [-0.15, -0.1) is 21.8 Å². The normalized spacial score (nSPS) is 12.5. The van der Waals surface area contributed by atoms with Crippen molar-refractivity contribution in [2.75, 3.05) is 11.2 Å². The van der Waals surface area contributed by atoms with Crippen LogP contribution in [0.3, 0.4) is 0 Å². The number of hydrogen-bond donors (Lipinski definition) is 2. The van der Waals surface area contributed by atoms with Gasteiger partial charge in [0, 0.05) is 11.4 Å². The molecule has 0 saturated carbocycles. The van der Waals surface area contributed by atoms with Crippen molar-refractivity contribution in [3.63, 3.8) is 0 Å². The number of benzene rings is 1. The molecule has 0 bridgehead atoms. The van der Waals surface area contributed by atoms with E-state index in [9.17, 15) is 9.59 Å². The minimum Gasteiger partial charge on any atom is -0.344 e. The zero-order chi connectivity index (χ0) is 18.6. The number of halogens is 1. The molecule has 6 nitrogen and oxygen atoms in total. The Labute approximate surface area is 156 Å². The van der Waals surface area contributed by atoms with Gasteiger partial charge in [-0.1, -0.05) is 35.1 Å². The lowest BCUT2D eigenvalue weighted by Crippen LogP contribution is -2.47. The monoisotopic (exact) mass is 380 g/mol. The number of amides is 2. The third-order valence-corrected chi connectivity index (χ3v) is 5.17. The molecule has 0 spiro atoms. The fraction of sp³-hybridized carbons (Fsp3) is 0.412. The van der Waals surface area contributed by atoms with E-state index in [1.165, 1.54) is 11.3 Å². The zero-order valence-electron chi connectivity index (χ0n) is 14.6. The molecule has 1 heterocycles. The minimum absolute atomic E-state index is 0.170. The summed E-state index contributed by atoms with van der Waals surface area (Å²) >= 11 is 7.06. The molecule has 1 atom stereocenters. The van der Waals surface area contributed by atoms with Gasteiger partial charge in [-0.3, -0.25) is 14.9 Å². The molecule has 0 aliphatic carbocycles. The van der Waals surface area contributed by atoms with Crippen LogP contribution in [-0.2, 0) is 9.59 Å². The summed E-state index contributed by atoms with van der Waals surface area (Å²) in [5.41, 5.74) is 1.33. The number of carbonyl (C=O) groups excluding carboxylic acids is 2. The maximum atomic E-state index is 12.2. The second-order valence-corrected chi connectivity index (χ2v) is 7.73. The number of nitrogens with one attached hydrogen (secondary N) is 2. The largest absolute Gasteiger partial charge is 0.344 e. The first-order chi connectivity index (χ1) is 11.7. The second kappa shape index (κ2) is 7.93. The SMILES string of the molecule is Cc1cccc(-c2nnc(NC(=O)C(C)NC(=O)C(C)(C)CCl)s2)c1. The predicted octanol–water partition coefficient (Wildman–Crippen LogP) is 3.22. The van der Waals surface area contributed by atoms with Crippen molar-refractivity contribution in [3.8, 4) is 10.6 Å². The number of carbonyl (C=O) groups is 2. The highest BCUT2D eigenvalue weighted by molar-refractivity contribution is 7.18. The molecular formula is C17H21ClN4O2S. The summed E-state index contributed by atoms with van der Waals surface area (Å²) in [6.45, 7) is 7.05. The lowest BCUT2D eigenvalue weighted by atomic mass is 9.95. The van der Waals surface area contributed by atoms with Gasteiger partial charge < -0.3 is 5.32 Å². The molecule has 0 aliphatic rings. The number of nitrogens with zero attached hydrogens (tertiary/aromatic N) is 2. The lowest BCUT2D eigenvalue weighted by molar-refractivity contribution is -0.131. The molecule has 2 N–H and O–H groups in total. The highest BCUT2D eigenvalue weighted by Gasteiger charge is 2.29. The van der Waals surface area contributed by atoms with E-state index in [0.29, 0.717) is 5.13 Å². The number of aromatic nitrogens is 2. The van der Waals surface area contributed by atoms with E-state index < -0.39 is 11.5 Å². The van der Waals surface area contributed by atoms with Crippen molar-refractivity contribution >= 4 is 39.9 Å². The Bertz CT molecular complexity index is 776. The van der Waals surface area contributed by atoms with E-state index in [1.54, 1.807) is 20.8 Å². The van der Waals surface area contributed by atoms with Crippen LogP contribution in [0.15, 0.2) is 24.3 Å². The van der Waals surface area contributed by atoms with Crippen molar-refractivity contribution in [3.05, 3.63) is 29.8 Å². The van der Waals surface area contributed by atoms with Crippen LogP contribution in [0.25, 0.3) is 10.6 Å². The Balaban J connectivity index is 2.00. The van der Waals surface area contributed by atoms with Crippen LogP contribution in [0.2, 0.25) is 0 Å². The topological polar surface area (TPSA) is 84.0 Å². The summed E-state index contributed by atoms with van der Waals surface area (Å²) in [5.74, 6) is -0.461. The first-order valence-corrected chi connectivity index (χ1v) is 9.16. The fourth-order valence-corrected chi connectivity index (χ4v) is 2.76. The Morgan fingerprint density at radius 3 is 2.68 bits per heavy atom. The molecule has 2 rings (SSSR count). The maximum absolute atomic E-state index is 12.2. The lowest BCUT2D eigenvalue weighted by Gasteiger charge is -2.23. The van der Waals surface area contributed by atoms with Gasteiger partial charge in [0.25, 0.3) is 0 Å². The van der Waals surface area contributed by atoms with Gasteiger partial charge in [0.15, 0.2) is 0 Å². The van der Waals surface area contributed by atoms with Gasteiger partial charge in [0.1, 0.15) is 11.0 Å². The third-order valence-electron chi connectivity index (χ3n) is 3.61. The van der Waals surface area contributed by atoms with E-state index in [1.807, 2.05) is 31.2 Å². The first-order valence-electron chi connectivity index (χ1n) is 7.81. The number of anilines is 1. The number of alkyl halides is 1. The number of hydrogen-bond acceptors (Lipinski definition) is 5. The molecule has 0 aliphatic heterocycles. The molecule has 134 valence electrons. The van der Waals surface area contributed by atoms with E-state index >= 15 is 0 Å². The average Bonchev–Trinajstić information content (AvgIpc) is 3.03. The van der Waals surface area contributed by atoms with Gasteiger partial charge in [0.2, 0.25) is 16.9 Å². The van der Waals surface area contributed by atoms with Crippen LogP contribution in [0.4, 0.5) is 5.13 Å². The summed E-state index contributed by atoms with van der Waals surface area (Å²) in [6, 6.07) is 7.18. The van der Waals surface area contributed by atoms with Gasteiger partial charge in [-0.25, -0.2) is 0 Å². The second-order valence-electron chi connectivity index (χ2n) is 6.48. The molecule has 8 heteroatoms. The standard InChI is InChI=1S/C17H21ClN4O2S/c1-10-6-5-7-12(8-10)14-21-22-16(25-14)20-13(23)11(2)19-15(24)17(3,4)9-18/h5-8,11H,9H2,1-4H3,(H,19,24)(H,20,22,23). The fourth-order valence-electron chi connectivity index (χ4n) is 1.90. The van der Waals surface area contributed by atoms with Crippen molar-refractivity contribution in [1.29, 1.82) is 0 Å². The van der Waals surface area contributed by atoms with Gasteiger partial charge in [-0.05, 0) is 33.8 Å². The van der Waals surface area contributed by atoms with Crippen LogP contribution < -0.4 is 10.6 Å². The van der Waals surface area contributed by atoms with E-state index in [4.69, 9.17) is 11.6 Å². The summed E-state index contributed by atoms with van der Waals surface area (Å²) in [5, 5.41) is 14.5. The van der Waals surface area contributed by atoms with Gasteiger partial charge >= 0.3 is 0 Å². The van der Waals surface area contributed by atoms with Crippen molar-refractivity contribution in [2.45, 2.75) is 33.7 Å². The first kappa shape index (κ1) is 19.3. The molecule has 1 aromatic heterocycles. The quantitative estimate of drug-likeness (QED) is 0.753. The van der Waals surface area contributed by atoms with Crippen LogP contribution in [0, 0.1) is 12.3 Å². The van der Waals surface area contributed by atoms with E-state index in [2.05, 4.69) is 20.8 Å². The molecule has 0 radical (unpaired) electrons. The molecular weight excluding hydrogens is 360 g/mol. The van der Waals surface area contributed by atoms with Gasteiger partial charge in [0.05, 0.1) is 5.41 Å². The third kappa shape index (κ3) is 4.99. The van der Waals surface area contributed by atoms with Gasteiger partial charge in [-0.2, -0.15) is 0 Å². The Hall–Kier alpha value is -1.99. The molecule has 1 unspecified atom stereocenters. The van der Waals surface area contributed by atoms with Crippen LogP contribution >= 0.6 is 22.9 Å². The number of aryl methyl sites for hydroxylation is 1. The minimum atomic E-state index is -0.739. The molecule has 0 fully saturated rings. The molecule has 2 aromatic rings. The summed E-state index contributed by atoms with van der Waals surface area (Å²) < 4.78 is 0. The van der Waals surface area contributed by atoms with E-state index in [0.717, 1.165) is 16.1 Å². The maximum Gasteiger partial charge on any atom is 0.248 e. The summed E-state index contributed by atoms with van der Waals surface area (Å²) in [6.07, 6.45) is 0. The zero-order valence-corrected chi connectivity index (χ0v) is 16.2. The van der Waals surface area contributed by atoms with Crippen molar-refractivity contribution in [2.24, 2.45) is 5.41 Å². The predicted molar refractivity (Wildman–Crippen MR) is 101 cm³/mol. The van der Waals surface area contributed by atoms with Crippen LogP contribution in [-0.4, -0.2) is 33.9 Å². The Morgan fingerprint density at radius 2 is 2.04 bits per heavy atom. The van der Waals surface area contributed by atoms with E-state index in [-0.39, 0.29) is 17.7 Å². The molecule has 2 amide bonds.